The average Bonchev–Trinajstić information content (AvgIpc) is 3.26. The number of aryl methyl sites for hydroxylation is 2. The van der Waals surface area contributed by atoms with Crippen LogP contribution in [0, 0.1) is 25.6 Å². The number of anilines is 1. The Morgan fingerprint density at radius 3 is 2.90 bits per heavy atom. The van der Waals surface area contributed by atoms with Crippen molar-refractivity contribution in [2.75, 3.05) is 18.4 Å². The quantitative estimate of drug-likeness (QED) is 0.689. The molecule has 0 radical (unpaired) electrons. The van der Waals surface area contributed by atoms with Gasteiger partial charge in [0.2, 0.25) is 11.8 Å². The number of aromatic amines is 1. The molecular formula is C23H24FN3O2. The van der Waals surface area contributed by atoms with Gasteiger partial charge in [0.05, 0.1) is 5.92 Å². The third-order valence-corrected chi connectivity index (χ3v) is 5.62. The van der Waals surface area contributed by atoms with E-state index in [0.29, 0.717) is 19.5 Å². The van der Waals surface area contributed by atoms with Gasteiger partial charge in [-0.1, -0.05) is 12.1 Å². The van der Waals surface area contributed by atoms with E-state index in [9.17, 15) is 14.0 Å². The molecule has 0 bridgehead atoms. The number of amides is 2. The highest BCUT2D eigenvalue weighted by Crippen LogP contribution is 2.24. The minimum absolute atomic E-state index is 0.0165. The lowest BCUT2D eigenvalue weighted by atomic mass is 10.1. The smallest absolute Gasteiger partial charge is 0.229 e. The number of hydrogen-bond acceptors (Lipinski definition) is 2. The van der Waals surface area contributed by atoms with E-state index in [1.165, 1.54) is 12.1 Å². The van der Waals surface area contributed by atoms with Crippen molar-refractivity contribution in [2.45, 2.75) is 26.7 Å². The number of aromatic nitrogens is 1. The van der Waals surface area contributed by atoms with E-state index >= 15 is 0 Å². The number of likely N-dealkylation sites (tertiary alicyclic amines) is 1. The Morgan fingerprint density at radius 1 is 1.24 bits per heavy atom. The van der Waals surface area contributed by atoms with Gasteiger partial charge in [0, 0.05) is 42.3 Å². The fraction of sp³-hybridized carbons (Fsp3) is 0.304. The van der Waals surface area contributed by atoms with Crippen molar-refractivity contribution >= 4 is 28.4 Å². The summed E-state index contributed by atoms with van der Waals surface area (Å²) < 4.78 is 13.5. The van der Waals surface area contributed by atoms with E-state index in [-0.39, 0.29) is 30.0 Å². The number of carbonyl (C=O) groups excluding carboxylic acids is 2. The Bertz CT molecular complexity index is 1090. The van der Waals surface area contributed by atoms with Crippen LogP contribution in [0.1, 0.15) is 23.1 Å². The molecule has 1 fully saturated rings. The molecule has 29 heavy (non-hydrogen) atoms. The van der Waals surface area contributed by atoms with Gasteiger partial charge in [0.25, 0.3) is 0 Å². The molecule has 4 rings (SSSR count). The molecule has 0 unspecified atom stereocenters. The first kappa shape index (κ1) is 19.2. The minimum atomic E-state index is -0.358. The van der Waals surface area contributed by atoms with Crippen LogP contribution >= 0.6 is 0 Å². The van der Waals surface area contributed by atoms with Crippen LogP contribution in [0.3, 0.4) is 0 Å². The van der Waals surface area contributed by atoms with E-state index in [0.717, 1.165) is 33.3 Å². The molecule has 6 heteroatoms. The van der Waals surface area contributed by atoms with E-state index < -0.39 is 0 Å². The molecule has 2 N–H and O–H groups in total. The molecule has 1 aliphatic heterocycles. The van der Waals surface area contributed by atoms with E-state index in [1.807, 2.05) is 38.2 Å². The van der Waals surface area contributed by atoms with Crippen molar-refractivity contribution < 1.29 is 14.0 Å². The van der Waals surface area contributed by atoms with Gasteiger partial charge in [-0.3, -0.25) is 9.59 Å². The SMILES string of the molecule is Cc1ccc(C)c(NC(=O)[C@H]2CC(=O)N(CCc3c[nH]c4ccc(F)cc34)C2)c1. The lowest BCUT2D eigenvalue weighted by Gasteiger charge is -2.17. The number of hydrogen-bond donors (Lipinski definition) is 2. The zero-order valence-electron chi connectivity index (χ0n) is 16.6. The standard InChI is InChI=1S/C23H24FN3O2/c1-14-3-4-15(2)21(9-14)26-23(29)17-10-22(28)27(13-17)8-7-16-12-25-20-6-5-18(24)11-19(16)20/h3-6,9,11-12,17,25H,7-8,10,13H2,1-2H3,(H,26,29)/t17-/m0/s1. The number of H-pyrrole nitrogens is 1. The van der Waals surface area contributed by atoms with Crippen molar-refractivity contribution in [3.05, 3.63) is 65.1 Å². The Kier molecular flexibility index (Phi) is 5.09. The van der Waals surface area contributed by atoms with Crippen LogP contribution in [-0.2, 0) is 16.0 Å². The molecule has 150 valence electrons. The second kappa shape index (κ2) is 7.70. The summed E-state index contributed by atoms with van der Waals surface area (Å²) in [5.41, 5.74) is 4.71. The minimum Gasteiger partial charge on any atom is -0.361 e. The van der Waals surface area contributed by atoms with Crippen molar-refractivity contribution in [1.82, 2.24) is 9.88 Å². The second-order valence-corrected chi connectivity index (χ2v) is 7.80. The molecule has 2 heterocycles. The first-order valence-corrected chi connectivity index (χ1v) is 9.82. The molecule has 5 nitrogen and oxygen atoms in total. The number of rotatable bonds is 5. The zero-order valence-corrected chi connectivity index (χ0v) is 16.6. The van der Waals surface area contributed by atoms with Crippen LogP contribution < -0.4 is 5.32 Å². The lowest BCUT2D eigenvalue weighted by Crippen LogP contribution is -2.30. The molecule has 0 saturated carbocycles. The number of halogens is 1. The first-order chi connectivity index (χ1) is 13.9. The Hall–Kier alpha value is -3.15. The highest BCUT2D eigenvalue weighted by molar-refractivity contribution is 5.97. The van der Waals surface area contributed by atoms with Crippen molar-refractivity contribution in [3.63, 3.8) is 0 Å². The first-order valence-electron chi connectivity index (χ1n) is 9.82. The second-order valence-electron chi connectivity index (χ2n) is 7.80. The maximum Gasteiger partial charge on any atom is 0.229 e. The Balaban J connectivity index is 1.39. The monoisotopic (exact) mass is 393 g/mol. The molecule has 0 spiro atoms. The maximum absolute atomic E-state index is 13.5. The molecule has 0 aliphatic carbocycles. The van der Waals surface area contributed by atoms with Crippen LogP contribution in [0.15, 0.2) is 42.6 Å². The fourth-order valence-corrected chi connectivity index (χ4v) is 3.88. The van der Waals surface area contributed by atoms with Crippen LogP contribution in [-0.4, -0.2) is 34.8 Å². The van der Waals surface area contributed by atoms with Crippen molar-refractivity contribution in [3.8, 4) is 0 Å². The highest BCUT2D eigenvalue weighted by Gasteiger charge is 2.34. The predicted molar refractivity (Wildman–Crippen MR) is 111 cm³/mol. The topological polar surface area (TPSA) is 65.2 Å². The molecule has 3 aromatic rings. The molecule has 1 aliphatic rings. The van der Waals surface area contributed by atoms with Gasteiger partial charge in [0.15, 0.2) is 0 Å². The summed E-state index contributed by atoms with van der Waals surface area (Å²) in [4.78, 5) is 30.0. The summed E-state index contributed by atoms with van der Waals surface area (Å²) in [7, 11) is 0. The average molecular weight is 393 g/mol. The number of benzene rings is 2. The summed E-state index contributed by atoms with van der Waals surface area (Å²) in [6.45, 7) is 4.85. The number of fused-ring (bicyclic) bond motifs is 1. The largest absolute Gasteiger partial charge is 0.361 e. The molecule has 2 amide bonds. The lowest BCUT2D eigenvalue weighted by molar-refractivity contribution is -0.128. The van der Waals surface area contributed by atoms with Crippen LogP contribution in [0.25, 0.3) is 10.9 Å². The van der Waals surface area contributed by atoms with E-state index in [4.69, 9.17) is 0 Å². The number of nitrogens with one attached hydrogen (secondary N) is 2. The molecule has 2 aromatic carbocycles. The van der Waals surface area contributed by atoms with Gasteiger partial charge >= 0.3 is 0 Å². The van der Waals surface area contributed by atoms with Gasteiger partial charge in [-0.05, 0) is 61.2 Å². The van der Waals surface area contributed by atoms with Gasteiger partial charge in [-0.15, -0.1) is 0 Å². The zero-order chi connectivity index (χ0) is 20.5. The third-order valence-electron chi connectivity index (χ3n) is 5.62. The van der Waals surface area contributed by atoms with Gasteiger partial charge in [0.1, 0.15) is 5.82 Å². The predicted octanol–water partition coefficient (Wildman–Crippen LogP) is 3.95. The van der Waals surface area contributed by atoms with Crippen LogP contribution in [0.4, 0.5) is 10.1 Å². The summed E-state index contributed by atoms with van der Waals surface area (Å²) in [5.74, 6) is -0.776. The highest BCUT2D eigenvalue weighted by atomic mass is 19.1. The van der Waals surface area contributed by atoms with E-state index in [1.54, 1.807) is 11.0 Å². The van der Waals surface area contributed by atoms with E-state index in [2.05, 4.69) is 10.3 Å². The Morgan fingerprint density at radius 2 is 2.07 bits per heavy atom. The molecule has 1 aromatic heterocycles. The van der Waals surface area contributed by atoms with Crippen molar-refractivity contribution in [2.24, 2.45) is 5.92 Å². The normalized spacial score (nSPS) is 16.6. The molecule has 1 saturated heterocycles. The summed E-state index contributed by atoms with van der Waals surface area (Å²) >= 11 is 0. The summed E-state index contributed by atoms with van der Waals surface area (Å²) in [6.07, 6.45) is 2.69. The summed E-state index contributed by atoms with van der Waals surface area (Å²) in [5, 5.41) is 3.80. The van der Waals surface area contributed by atoms with Crippen LogP contribution in [0.5, 0.6) is 0 Å². The third kappa shape index (κ3) is 4.01. The fourth-order valence-electron chi connectivity index (χ4n) is 3.88. The number of nitrogens with zero attached hydrogens (tertiary/aromatic N) is 1. The summed E-state index contributed by atoms with van der Waals surface area (Å²) in [6, 6.07) is 10.6. The maximum atomic E-state index is 13.5. The molecular weight excluding hydrogens is 369 g/mol. The number of carbonyl (C=O) groups is 2. The van der Waals surface area contributed by atoms with Gasteiger partial charge in [-0.2, -0.15) is 0 Å². The Labute approximate surface area is 168 Å². The van der Waals surface area contributed by atoms with Gasteiger partial charge in [-0.25, -0.2) is 4.39 Å². The van der Waals surface area contributed by atoms with Crippen molar-refractivity contribution in [1.29, 1.82) is 0 Å². The van der Waals surface area contributed by atoms with Gasteiger partial charge < -0.3 is 15.2 Å². The van der Waals surface area contributed by atoms with Crippen LogP contribution in [0.2, 0.25) is 0 Å². The molecule has 1 atom stereocenters.